The van der Waals surface area contributed by atoms with Gasteiger partial charge in [-0.1, -0.05) is 6.92 Å². The summed E-state index contributed by atoms with van der Waals surface area (Å²) < 4.78 is 23.3. The highest BCUT2D eigenvalue weighted by atomic mass is 32.2. The Morgan fingerprint density at radius 2 is 1.90 bits per heavy atom. The third-order valence-electron chi connectivity index (χ3n) is 4.92. The van der Waals surface area contributed by atoms with Gasteiger partial charge in [-0.15, -0.1) is 0 Å². The summed E-state index contributed by atoms with van der Waals surface area (Å²) in [6.45, 7) is 3.47. The van der Waals surface area contributed by atoms with Crippen LogP contribution in [-0.4, -0.2) is 50.4 Å². The highest BCUT2D eigenvalue weighted by Crippen LogP contribution is 2.39. The maximum Gasteiger partial charge on any atom is 0.230 e. The number of nitrogens with zero attached hydrogens (tertiary/aromatic N) is 1. The molecule has 1 amide bonds. The van der Waals surface area contributed by atoms with Gasteiger partial charge in [-0.25, -0.2) is 8.42 Å². The van der Waals surface area contributed by atoms with E-state index in [0.29, 0.717) is 32.0 Å². The first-order chi connectivity index (χ1) is 9.38. The quantitative estimate of drug-likeness (QED) is 0.818. The van der Waals surface area contributed by atoms with Crippen LogP contribution in [0.4, 0.5) is 0 Å². The van der Waals surface area contributed by atoms with Crippen molar-refractivity contribution < 1.29 is 13.2 Å². The number of sulfone groups is 1. The Balaban J connectivity index is 2.09. The molecule has 6 heteroatoms. The lowest BCUT2D eigenvalue weighted by molar-refractivity contribution is -0.143. The summed E-state index contributed by atoms with van der Waals surface area (Å²) in [5, 5.41) is 0. The Morgan fingerprint density at radius 1 is 1.25 bits per heavy atom. The van der Waals surface area contributed by atoms with Crippen molar-refractivity contribution in [2.75, 3.05) is 31.1 Å². The van der Waals surface area contributed by atoms with E-state index in [1.54, 1.807) is 4.90 Å². The molecule has 0 unspecified atom stereocenters. The van der Waals surface area contributed by atoms with Gasteiger partial charge in [0.1, 0.15) is 0 Å². The number of nitrogens with two attached hydrogens (primary N) is 1. The van der Waals surface area contributed by atoms with Crippen molar-refractivity contribution in [3.05, 3.63) is 0 Å². The van der Waals surface area contributed by atoms with E-state index in [2.05, 4.69) is 6.92 Å². The molecule has 1 saturated carbocycles. The van der Waals surface area contributed by atoms with Gasteiger partial charge in [-0.05, 0) is 38.0 Å². The van der Waals surface area contributed by atoms with E-state index in [1.807, 2.05) is 0 Å². The molecule has 0 aromatic heterocycles. The molecule has 0 aromatic carbocycles. The van der Waals surface area contributed by atoms with E-state index in [9.17, 15) is 13.2 Å². The summed E-state index contributed by atoms with van der Waals surface area (Å²) >= 11 is 0. The first-order valence-corrected chi connectivity index (χ1v) is 9.40. The average Bonchev–Trinajstić information content (AvgIpc) is 2.60. The summed E-state index contributed by atoms with van der Waals surface area (Å²) in [6.07, 6.45) is 4.30. The molecular weight excluding hydrogens is 276 g/mol. The van der Waals surface area contributed by atoms with Gasteiger partial charge in [0, 0.05) is 19.6 Å². The van der Waals surface area contributed by atoms with Crippen LogP contribution in [0.2, 0.25) is 0 Å². The van der Waals surface area contributed by atoms with E-state index >= 15 is 0 Å². The minimum atomic E-state index is -2.98. The molecule has 1 aliphatic heterocycles. The number of hydrogen-bond donors (Lipinski definition) is 1. The molecule has 1 saturated heterocycles. The zero-order valence-corrected chi connectivity index (χ0v) is 13.1. The molecule has 1 aliphatic carbocycles. The SMILES string of the molecule is CC1CCC(CN)(C(=O)N2CCCS(=O)(=O)CC2)CC1. The summed E-state index contributed by atoms with van der Waals surface area (Å²) in [7, 11) is -2.98. The Labute approximate surface area is 121 Å². The minimum absolute atomic E-state index is 0.0870. The van der Waals surface area contributed by atoms with Gasteiger partial charge >= 0.3 is 0 Å². The second-order valence-electron chi connectivity index (χ2n) is 6.46. The van der Waals surface area contributed by atoms with Gasteiger partial charge in [-0.3, -0.25) is 4.79 Å². The van der Waals surface area contributed by atoms with Crippen LogP contribution in [0.3, 0.4) is 0 Å². The zero-order valence-electron chi connectivity index (χ0n) is 12.3. The van der Waals surface area contributed by atoms with Crippen LogP contribution in [0.1, 0.15) is 39.0 Å². The van der Waals surface area contributed by atoms with Crippen LogP contribution in [0.5, 0.6) is 0 Å². The standard InChI is InChI=1S/C14H26N2O3S/c1-12-3-5-14(11-15,6-4-12)13(17)16-7-2-9-20(18,19)10-8-16/h12H,2-11,15H2,1H3. The van der Waals surface area contributed by atoms with Gasteiger partial charge in [0.15, 0.2) is 9.84 Å². The third-order valence-corrected chi connectivity index (χ3v) is 6.63. The molecule has 0 atom stereocenters. The highest BCUT2D eigenvalue weighted by Gasteiger charge is 2.42. The topological polar surface area (TPSA) is 80.5 Å². The highest BCUT2D eigenvalue weighted by molar-refractivity contribution is 7.91. The maximum atomic E-state index is 12.8. The molecule has 0 aromatic rings. The van der Waals surface area contributed by atoms with Crippen molar-refractivity contribution >= 4 is 15.7 Å². The van der Waals surface area contributed by atoms with Crippen molar-refractivity contribution in [1.29, 1.82) is 0 Å². The lowest BCUT2D eigenvalue weighted by Crippen LogP contribution is -2.50. The van der Waals surface area contributed by atoms with Crippen molar-refractivity contribution in [3.8, 4) is 0 Å². The van der Waals surface area contributed by atoms with Crippen LogP contribution in [-0.2, 0) is 14.6 Å². The first kappa shape index (κ1) is 15.8. The number of carbonyl (C=O) groups is 1. The predicted molar refractivity (Wildman–Crippen MR) is 79.0 cm³/mol. The Bertz CT molecular complexity index is 453. The van der Waals surface area contributed by atoms with Gasteiger partial charge < -0.3 is 10.6 Å². The fraction of sp³-hybridized carbons (Fsp3) is 0.929. The van der Waals surface area contributed by atoms with Crippen LogP contribution in [0.15, 0.2) is 0 Å². The van der Waals surface area contributed by atoms with Gasteiger partial charge in [-0.2, -0.15) is 0 Å². The van der Waals surface area contributed by atoms with Crippen LogP contribution in [0, 0.1) is 11.3 Å². The fourth-order valence-electron chi connectivity index (χ4n) is 3.30. The molecule has 20 heavy (non-hydrogen) atoms. The molecule has 2 N–H and O–H groups in total. The van der Waals surface area contributed by atoms with E-state index < -0.39 is 15.3 Å². The number of hydrogen-bond acceptors (Lipinski definition) is 4. The molecule has 116 valence electrons. The van der Waals surface area contributed by atoms with E-state index in [0.717, 1.165) is 25.7 Å². The fourth-order valence-corrected chi connectivity index (χ4v) is 4.57. The average molecular weight is 302 g/mol. The third kappa shape index (κ3) is 3.34. The summed E-state index contributed by atoms with van der Waals surface area (Å²) in [5.74, 6) is 1.04. The number of carbonyl (C=O) groups excluding carboxylic acids is 1. The predicted octanol–water partition coefficient (Wildman–Crippen LogP) is 0.789. The normalized spacial score (nSPS) is 34.5. The molecule has 2 rings (SSSR count). The molecule has 0 spiro atoms. The van der Waals surface area contributed by atoms with Gasteiger partial charge in [0.2, 0.25) is 5.91 Å². The molecule has 1 heterocycles. The van der Waals surface area contributed by atoms with E-state index in [-0.39, 0.29) is 17.4 Å². The second-order valence-corrected chi connectivity index (χ2v) is 8.77. The van der Waals surface area contributed by atoms with E-state index in [4.69, 9.17) is 5.73 Å². The summed E-state index contributed by atoms with van der Waals surface area (Å²) in [4.78, 5) is 14.6. The van der Waals surface area contributed by atoms with Crippen molar-refractivity contribution in [3.63, 3.8) is 0 Å². The molecule has 2 fully saturated rings. The second kappa shape index (κ2) is 6.02. The molecule has 0 radical (unpaired) electrons. The van der Waals surface area contributed by atoms with Crippen LogP contribution < -0.4 is 5.73 Å². The summed E-state index contributed by atoms with van der Waals surface area (Å²) in [5.41, 5.74) is 5.47. The molecule has 0 bridgehead atoms. The molecular formula is C14H26N2O3S. The Kier molecular flexibility index (Phi) is 4.74. The smallest absolute Gasteiger partial charge is 0.230 e. The summed E-state index contributed by atoms with van der Waals surface area (Å²) in [6, 6.07) is 0. The largest absolute Gasteiger partial charge is 0.341 e. The van der Waals surface area contributed by atoms with Crippen LogP contribution in [0.25, 0.3) is 0 Å². The van der Waals surface area contributed by atoms with Crippen molar-refractivity contribution in [2.24, 2.45) is 17.1 Å². The number of rotatable bonds is 2. The van der Waals surface area contributed by atoms with Crippen molar-refractivity contribution in [1.82, 2.24) is 4.90 Å². The monoisotopic (exact) mass is 302 g/mol. The lowest BCUT2D eigenvalue weighted by Gasteiger charge is -2.40. The molecule has 2 aliphatic rings. The Hall–Kier alpha value is -0.620. The van der Waals surface area contributed by atoms with Gasteiger partial charge in [0.05, 0.1) is 16.9 Å². The van der Waals surface area contributed by atoms with E-state index in [1.165, 1.54) is 0 Å². The van der Waals surface area contributed by atoms with Crippen LogP contribution >= 0.6 is 0 Å². The minimum Gasteiger partial charge on any atom is -0.341 e. The Morgan fingerprint density at radius 3 is 2.50 bits per heavy atom. The lowest BCUT2D eigenvalue weighted by atomic mass is 9.70. The van der Waals surface area contributed by atoms with Crippen molar-refractivity contribution in [2.45, 2.75) is 39.0 Å². The number of amides is 1. The molecule has 5 nitrogen and oxygen atoms in total. The zero-order chi connectivity index (χ0) is 14.8. The first-order valence-electron chi connectivity index (χ1n) is 7.58. The maximum absolute atomic E-state index is 12.8. The van der Waals surface area contributed by atoms with Gasteiger partial charge in [0.25, 0.3) is 0 Å².